The van der Waals surface area contributed by atoms with Crippen molar-refractivity contribution in [1.29, 1.82) is 5.26 Å². The number of nitrogens with zero attached hydrogens (tertiary/aromatic N) is 1. The number of benzene rings is 2. The molecule has 0 aliphatic rings. The molecule has 0 aliphatic carbocycles. The number of rotatable bonds is 7. The highest BCUT2D eigenvalue weighted by Gasteiger charge is 2.09. The van der Waals surface area contributed by atoms with Gasteiger partial charge in [-0.05, 0) is 41.8 Å². The average molecular weight is 313 g/mol. The van der Waals surface area contributed by atoms with Crippen molar-refractivity contribution in [3.8, 4) is 6.07 Å². The van der Waals surface area contributed by atoms with Gasteiger partial charge in [-0.15, -0.1) is 0 Å². The summed E-state index contributed by atoms with van der Waals surface area (Å²) in [6, 6.07) is 14.5. The maximum Gasteiger partial charge on any atom is 0.126 e. The SMILES string of the molecule is COCc1ccc(CC(C)OCc2ccc(C#N)cc2)c(F)c1. The van der Waals surface area contributed by atoms with E-state index in [0.717, 1.165) is 11.1 Å². The van der Waals surface area contributed by atoms with Crippen LogP contribution in [0.15, 0.2) is 42.5 Å². The van der Waals surface area contributed by atoms with Crippen molar-refractivity contribution in [3.05, 3.63) is 70.5 Å². The molecule has 2 rings (SSSR count). The van der Waals surface area contributed by atoms with Gasteiger partial charge in [0.05, 0.1) is 31.0 Å². The molecule has 23 heavy (non-hydrogen) atoms. The lowest BCUT2D eigenvalue weighted by atomic mass is 10.1. The Labute approximate surface area is 136 Å². The van der Waals surface area contributed by atoms with Crippen LogP contribution in [-0.4, -0.2) is 13.2 Å². The normalized spacial score (nSPS) is 11.9. The lowest BCUT2D eigenvalue weighted by molar-refractivity contribution is 0.0530. The molecule has 0 saturated carbocycles. The second kappa shape index (κ2) is 8.42. The number of nitriles is 1. The van der Waals surface area contributed by atoms with Gasteiger partial charge in [0.25, 0.3) is 0 Å². The molecular weight excluding hydrogens is 293 g/mol. The Bertz CT molecular complexity index is 677. The van der Waals surface area contributed by atoms with E-state index in [0.29, 0.717) is 30.8 Å². The lowest BCUT2D eigenvalue weighted by Gasteiger charge is -2.14. The van der Waals surface area contributed by atoms with Crippen LogP contribution < -0.4 is 0 Å². The van der Waals surface area contributed by atoms with Crippen LogP contribution in [0, 0.1) is 17.1 Å². The van der Waals surface area contributed by atoms with Crippen LogP contribution in [0.2, 0.25) is 0 Å². The molecule has 0 heterocycles. The number of ether oxygens (including phenoxy) is 2. The lowest BCUT2D eigenvalue weighted by Crippen LogP contribution is -2.12. The molecule has 0 aliphatic heterocycles. The Balaban J connectivity index is 1.89. The maximum atomic E-state index is 14.0. The van der Waals surface area contributed by atoms with Crippen LogP contribution in [0.25, 0.3) is 0 Å². The fourth-order valence-electron chi connectivity index (χ4n) is 2.30. The first-order valence-corrected chi connectivity index (χ1v) is 7.49. The van der Waals surface area contributed by atoms with Gasteiger partial charge in [-0.2, -0.15) is 5.26 Å². The molecule has 1 unspecified atom stereocenters. The van der Waals surface area contributed by atoms with Crippen molar-refractivity contribution in [3.63, 3.8) is 0 Å². The minimum absolute atomic E-state index is 0.103. The average Bonchev–Trinajstić information content (AvgIpc) is 2.56. The van der Waals surface area contributed by atoms with Gasteiger partial charge in [-0.25, -0.2) is 4.39 Å². The summed E-state index contributed by atoms with van der Waals surface area (Å²) >= 11 is 0. The van der Waals surface area contributed by atoms with Gasteiger partial charge >= 0.3 is 0 Å². The molecule has 0 saturated heterocycles. The molecule has 2 aromatic rings. The highest BCUT2D eigenvalue weighted by Crippen LogP contribution is 2.15. The van der Waals surface area contributed by atoms with E-state index >= 15 is 0 Å². The monoisotopic (exact) mass is 313 g/mol. The fraction of sp³-hybridized carbons (Fsp3) is 0.316. The Kier molecular flexibility index (Phi) is 6.28. The van der Waals surface area contributed by atoms with E-state index in [2.05, 4.69) is 6.07 Å². The van der Waals surface area contributed by atoms with Crippen molar-refractivity contribution >= 4 is 0 Å². The van der Waals surface area contributed by atoms with Gasteiger partial charge in [0.1, 0.15) is 5.82 Å². The summed E-state index contributed by atoms with van der Waals surface area (Å²) < 4.78 is 24.8. The summed E-state index contributed by atoms with van der Waals surface area (Å²) in [5, 5.41) is 8.77. The molecule has 0 radical (unpaired) electrons. The van der Waals surface area contributed by atoms with Gasteiger partial charge in [-0.3, -0.25) is 0 Å². The fourth-order valence-corrected chi connectivity index (χ4v) is 2.30. The first kappa shape index (κ1) is 17.1. The molecule has 0 N–H and O–H groups in total. The highest BCUT2D eigenvalue weighted by atomic mass is 19.1. The second-order valence-corrected chi connectivity index (χ2v) is 5.49. The molecule has 4 heteroatoms. The van der Waals surface area contributed by atoms with E-state index in [1.165, 1.54) is 6.07 Å². The molecule has 0 aromatic heterocycles. The Hall–Kier alpha value is -2.22. The molecule has 120 valence electrons. The zero-order valence-corrected chi connectivity index (χ0v) is 13.4. The van der Waals surface area contributed by atoms with Crippen molar-refractivity contribution in [2.75, 3.05) is 7.11 Å². The first-order chi connectivity index (χ1) is 11.1. The predicted octanol–water partition coefficient (Wildman–Crippen LogP) is 3.99. The summed E-state index contributed by atoms with van der Waals surface area (Å²) in [7, 11) is 1.59. The van der Waals surface area contributed by atoms with Gasteiger partial charge in [0, 0.05) is 13.5 Å². The molecule has 0 fully saturated rings. The minimum atomic E-state index is -0.228. The summed E-state index contributed by atoms with van der Waals surface area (Å²) in [5.74, 6) is -0.228. The first-order valence-electron chi connectivity index (χ1n) is 7.49. The molecule has 3 nitrogen and oxygen atoms in total. The van der Waals surface area contributed by atoms with E-state index in [4.69, 9.17) is 14.7 Å². The van der Waals surface area contributed by atoms with Crippen molar-refractivity contribution in [1.82, 2.24) is 0 Å². The summed E-state index contributed by atoms with van der Waals surface area (Å²) in [4.78, 5) is 0. The largest absolute Gasteiger partial charge is 0.380 e. The summed E-state index contributed by atoms with van der Waals surface area (Å²) in [6.45, 7) is 2.77. The van der Waals surface area contributed by atoms with E-state index in [-0.39, 0.29) is 11.9 Å². The molecule has 1 atom stereocenters. The number of methoxy groups -OCH3 is 1. The number of halogens is 1. The summed E-state index contributed by atoms with van der Waals surface area (Å²) in [5.41, 5.74) is 3.07. The van der Waals surface area contributed by atoms with Crippen LogP contribution in [0.3, 0.4) is 0 Å². The standard InChI is InChI=1S/C19H20FNO2/c1-14(23-13-16-5-3-15(11-21)4-6-16)9-18-8-7-17(12-22-2)10-19(18)20/h3-8,10,14H,9,12-13H2,1-2H3. The molecule has 0 spiro atoms. The zero-order valence-electron chi connectivity index (χ0n) is 13.4. The van der Waals surface area contributed by atoms with Crippen molar-refractivity contribution in [2.45, 2.75) is 32.7 Å². The number of hydrogen-bond donors (Lipinski definition) is 0. The van der Waals surface area contributed by atoms with Gasteiger partial charge in [0.15, 0.2) is 0 Å². The zero-order chi connectivity index (χ0) is 16.7. The van der Waals surface area contributed by atoms with Gasteiger partial charge in [-0.1, -0.05) is 24.3 Å². The van der Waals surface area contributed by atoms with Crippen molar-refractivity contribution < 1.29 is 13.9 Å². The molecular formula is C19H20FNO2. The van der Waals surface area contributed by atoms with Crippen LogP contribution in [-0.2, 0) is 29.1 Å². The molecule has 2 aromatic carbocycles. The predicted molar refractivity (Wildman–Crippen MR) is 86.2 cm³/mol. The quantitative estimate of drug-likeness (QED) is 0.776. The van der Waals surface area contributed by atoms with Crippen LogP contribution in [0.4, 0.5) is 4.39 Å². The van der Waals surface area contributed by atoms with E-state index in [1.807, 2.05) is 25.1 Å². The Morgan fingerprint density at radius 2 is 1.78 bits per heavy atom. The van der Waals surface area contributed by atoms with Gasteiger partial charge in [0.2, 0.25) is 0 Å². The van der Waals surface area contributed by atoms with E-state index in [1.54, 1.807) is 25.3 Å². The Morgan fingerprint density at radius 3 is 2.39 bits per heavy atom. The third-order valence-electron chi connectivity index (χ3n) is 3.55. The maximum absolute atomic E-state index is 14.0. The highest BCUT2D eigenvalue weighted by molar-refractivity contribution is 5.31. The van der Waals surface area contributed by atoms with Crippen LogP contribution >= 0.6 is 0 Å². The van der Waals surface area contributed by atoms with Gasteiger partial charge < -0.3 is 9.47 Å². The van der Waals surface area contributed by atoms with E-state index < -0.39 is 0 Å². The second-order valence-electron chi connectivity index (χ2n) is 5.49. The van der Waals surface area contributed by atoms with Crippen LogP contribution in [0.1, 0.15) is 29.2 Å². The smallest absolute Gasteiger partial charge is 0.126 e. The number of hydrogen-bond acceptors (Lipinski definition) is 3. The summed E-state index contributed by atoms with van der Waals surface area (Å²) in [6.07, 6.45) is 0.406. The Morgan fingerprint density at radius 1 is 1.09 bits per heavy atom. The minimum Gasteiger partial charge on any atom is -0.380 e. The van der Waals surface area contributed by atoms with E-state index in [9.17, 15) is 4.39 Å². The topological polar surface area (TPSA) is 42.2 Å². The third-order valence-corrected chi connectivity index (χ3v) is 3.55. The third kappa shape index (κ3) is 5.17. The van der Waals surface area contributed by atoms with Crippen LogP contribution in [0.5, 0.6) is 0 Å². The molecule has 0 bridgehead atoms. The van der Waals surface area contributed by atoms with Crippen molar-refractivity contribution in [2.24, 2.45) is 0 Å². The molecule has 0 amide bonds.